The highest BCUT2D eigenvalue weighted by Gasteiger charge is 2.28. The molecule has 1 aliphatic rings. The van der Waals surface area contributed by atoms with Crippen molar-refractivity contribution in [2.24, 2.45) is 0 Å². The van der Waals surface area contributed by atoms with Crippen molar-refractivity contribution in [3.63, 3.8) is 0 Å². The SMILES string of the molecule is CC(C)(C)OC(=O)N1CCC(c2ccnn2-c2ccc(Cl)cc2)CC1. The molecule has 1 aliphatic heterocycles. The van der Waals surface area contributed by atoms with E-state index in [1.54, 1.807) is 4.90 Å². The number of ether oxygens (including phenoxy) is 1. The molecular weight excluding hydrogens is 338 g/mol. The number of rotatable bonds is 2. The number of likely N-dealkylation sites (tertiary alicyclic amines) is 1. The van der Waals surface area contributed by atoms with E-state index in [1.807, 2.05) is 55.9 Å². The Balaban J connectivity index is 1.67. The lowest BCUT2D eigenvalue weighted by atomic mass is 9.93. The Bertz CT molecular complexity index is 726. The smallest absolute Gasteiger partial charge is 0.410 e. The monoisotopic (exact) mass is 361 g/mol. The van der Waals surface area contributed by atoms with E-state index < -0.39 is 5.60 Å². The minimum atomic E-state index is -0.457. The molecule has 0 unspecified atom stereocenters. The number of piperidine rings is 1. The minimum absolute atomic E-state index is 0.225. The summed E-state index contributed by atoms with van der Waals surface area (Å²) >= 11 is 5.97. The summed E-state index contributed by atoms with van der Waals surface area (Å²) in [6.07, 6.45) is 3.40. The van der Waals surface area contributed by atoms with Crippen LogP contribution in [-0.2, 0) is 4.74 Å². The predicted molar refractivity (Wildman–Crippen MR) is 98.4 cm³/mol. The van der Waals surface area contributed by atoms with Crippen LogP contribution >= 0.6 is 11.6 Å². The van der Waals surface area contributed by atoms with E-state index in [1.165, 1.54) is 5.69 Å². The average molecular weight is 362 g/mol. The molecule has 134 valence electrons. The maximum absolute atomic E-state index is 12.2. The van der Waals surface area contributed by atoms with Gasteiger partial charge in [-0.3, -0.25) is 0 Å². The van der Waals surface area contributed by atoms with Crippen LogP contribution in [0.25, 0.3) is 5.69 Å². The molecule has 0 spiro atoms. The third-order valence-electron chi connectivity index (χ3n) is 4.31. The second kappa shape index (κ2) is 7.08. The van der Waals surface area contributed by atoms with Gasteiger partial charge < -0.3 is 9.64 Å². The fraction of sp³-hybridized carbons (Fsp3) is 0.474. The van der Waals surface area contributed by atoms with E-state index in [0.717, 1.165) is 18.5 Å². The van der Waals surface area contributed by atoms with Crippen LogP contribution in [0.4, 0.5) is 4.79 Å². The molecule has 25 heavy (non-hydrogen) atoms. The number of aromatic nitrogens is 2. The van der Waals surface area contributed by atoms with E-state index >= 15 is 0 Å². The summed E-state index contributed by atoms with van der Waals surface area (Å²) in [5.41, 5.74) is 1.71. The second-order valence-electron chi connectivity index (χ2n) is 7.39. The van der Waals surface area contributed by atoms with Crippen molar-refractivity contribution in [2.45, 2.75) is 45.1 Å². The van der Waals surface area contributed by atoms with Crippen LogP contribution in [-0.4, -0.2) is 39.5 Å². The Hall–Kier alpha value is -2.01. The zero-order valence-corrected chi connectivity index (χ0v) is 15.7. The van der Waals surface area contributed by atoms with Gasteiger partial charge in [0.2, 0.25) is 0 Å². The number of hydrogen-bond donors (Lipinski definition) is 0. The fourth-order valence-corrected chi connectivity index (χ4v) is 3.23. The standard InChI is InChI=1S/C19H24ClN3O2/c1-19(2,3)25-18(24)22-12-9-14(10-13-22)17-8-11-21-23(17)16-6-4-15(20)5-7-16/h4-8,11,14H,9-10,12-13H2,1-3H3. The van der Waals surface area contributed by atoms with Gasteiger partial charge in [0.1, 0.15) is 5.60 Å². The Morgan fingerprint density at radius 3 is 2.40 bits per heavy atom. The molecule has 0 saturated carbocycles. The van der Waals surface area contributed by atoms with Crippen molar-refractivity contribution in [1.82, 2.24) is 14.7 Å². The molecule has 0 radical (unpaired) electrons. The number of nitrogens with zero attached hydrogens (tertiary/aromatic N) is 3. The maximum Gasteiger partial charge on any atom is 0.410 e. The fourth-order valence-electron chi connectivity index (χ4n) is 3.10. The molecule has 0 aliphatic carbocycles. The Morgan fingerprint density at radius 2 is 1.80 bits per heavy atom. The molecule has 1 amide bonds. The summed E-state index contributed by atoms with van der Waals surface area (Å²) in [6, 6.07) is 9.73. The number of carbonyl (C=O) groups excluding carboxylic acids is 1. The predicted octanol–water partition coefficient (Wildman–Crippen LogP) is 4.64. The molecule has 2 aromatic rings. The van der Waals surface area contributed by atoms with Gasteiger partial charge in [0.05, 0.1) is 5.69 Å². The lowest BCUT2D eigenvalue weighted by Crippen LogP contribution is -2.41. The molecule has 1 saturated heterocycles. The van der Waals surface area contributed by atoms with E-state index in [9.17, 15) is 4.79 Å². The van der Waals surface area contributed by atoms with Crippen LogP contribution in [0.3, 0.4) is 0 Å². The number of benzene rings is 1. The van der Waals surface area contributed by atoms with E-state index in [4.69, 9.17) is 16.3 Å². The first kappa shape index (κ1) is 17.8. The maximum atomic E-state index is 12.2. The molecule has 0 atom stereocenters. The molecule has 6 heteroatoms. The van der Waals surface area contributed by atoms with Crippen LogP contribution in [0.15, 0.2) is 36.5 Å². The molecule has 1 aromatic heterocycles. The van der Waals surface area contributed by atoms with Crippen LogP contribution < -0.4 is 0 Å². The lowest BCUT2D eigenvalue weighted by molar-refractivity contribution is 0.0203. The normalized spacial score (nSPS) is 16.1. The number of carbonyl (C=O) groups is 1. The molecule has 5 nitrogen and oxygen atoms in total. The van der Waals surface area contributed by atoms with Crippen LogP contribution in [0, 0.1) is 0 Å². The van der Waals surface area contributed by atoms with Crippen LogP contribution in [0.5, 0.6) is 0 Å². The lowest BCUT2D eigenvalue weighted by Gasteiger charge is -2.33. The quantitative estimate of drug-likeness (QED) is 0.782. The zero-order valence-electron chi connectivity index (χ0n) is 14.9. The van der Waals surface area contributed by atoms with Crippen molar-refractivity contribution >= 4 is 17.7 Å². The van der Waals surface area contributed by atoms with Gasteiger partial charge >= 0.3 is 6.09 Å². The first-order chi connectivity index (χ1) is 11.8. The summed E-state index contributed by atoms with van der Waals surface area (Å²) in [5, 5.41) is 5.17. The third-order valence-corrected chi connectivity index (χ3v) is 4.56. The van der Waals surface area contributed by atoms with Crippen molar-refractivity contribution in [2.75, 3.05) is 13.1 Å². The topological polar surface area (TPSA) is 47.4 Å². The van der Waals surface area contributed by atoms with Crippen LogP contribution in [0.2, 0.25) is 5.02 Å². The molecular formula is C19H24ClN3O2. The van der Waals surface area contributed by atoms with Gasteiger partial charge in [-0.05, 0) is 63.9 Å². The number of amides is 1. The highest BCUT2D eigenvalue weighted by Crippen LogP contribution is 2.30. The van der Waals surface area contributed by atoms with E-state index in [2.05, 4.69) is 11.2 Å². The second-order valence-corrected chi connectivity index (χ2v) is 7.82. The third kappa shape index (κ3) is 4.34. The summed E-state index contributed by atoms with van der Waals surface area (Å²) < 4.78 is 7.43. The highest BCUT2D eigenvalue weighted by atomic mass is 35.5. The van der Waals surface area contributed by atoms with Crippen molar-refractivity contribution in [1.29, 1.82) is 0 Å². The highest BCUT2D eigenvalue weighted by molar-refractivity contribution is 6.30. The minimum Gasteiger partial charge on any atom is -0.444 e. The van der Waals surface area contributed by atoms with Crippen molar-refractivity contribution < 1.29 is 9.53 Å². The van der Waals surface area contributed by atoms with Gasteiger partial charge in [0.25, 0.3) is 0 Å². The van der Waals surface area contributed by atoms with Gasteiger partial charge in [-0.1, -0.05) is 11.6 Å². The molecule has 0 bridgehead atoms. The van der Waals surface area contributed by atoms with Crippen LogP contribution in [0.1, 0.15) is 45.2 Å². The summed E-state index contributed by atoms with van der Waals surface area (Å²) in [5.74, 6) is 0.372. The molecule has 1 aromatic carbocycles. The van der Waals surface area contributed by atoms with E-state index in [-0.39, 0.29) is 6.09 Å². The van der Waals surface area contributed by atoms with Gasteiger partial charge in [-0.2, -0.15) is 5.10 Å². The van der Waals surface area contributed by atoms with Gasteiger partial charge in [-0.25, -0.2) is 9.48 Å². The van der Waals surface area contributed by atoms with E-state index in [0.29, 0.717) is 24.0 Å². The molecule has 2 heterocycles. The molecule has 3 rings (SSSR count). The summed E-state index contributed by atoms with van der Waals surface area (Å²) in [4.78, 5) is 14.0. The van der Waals surface area contributed by atoms with Gasteiger partial charge in [0.15, 0.2) is 0 Å². The largest absolute Gasteiger partial charge is 0.444 e. The number of halogens is 1. The Morgan fingerprint density at radius 1 is 1.16 bits per heavy atom. The van der Waals surface area contributed by atoms with Gasteiger partial charge in [0, 0.05) is 35.9 Å². The first-order valence-electron chi connectivity index (χ1n) is 8.61. The molecule has 1 fully saturated rings. The Kier molecular flexibility index (Phi) is 5.04. The zero-order chi connectivity index (χ0) is 18.0. The molecule has 0 N–H and O–H groups in total. The summed E-state index contributed by atoms with van der Waals surface area (Å²) in [6.45, 7) is 7.07. The summed E-state index contributed by atoms with van der Waals surface area (Å²) in [7, 11) is 0. The first-order valence-corrected chi connectivity index (χ1v) is 8.99. The number of hydrogen-bond acceptors (Lipinski definition) is 3. The van der Waals surface area contributed by atoms with Gasteiger partial charge in [-0.15, -0.1) is 0 Å². The van der Waals surface area contributed by atoms with Crippen molar-refractivity contribution in [3.8, 4) is 5.69 Å². The Labute approximate surface area is 153 Å². The van der Waals surface area contributed by atoms with Crippen molar-refractivity contribution in [3.05, 3.63) is 47.2 Å². The average Bonchev–Trinajstić information content (AvgIpc) is 3.04.